The maximum Gasteiger partial charge on any atom is 0.126 e. The van der Waals surface area contributed by atoms with Gasteiger partial charge in [0.2, 0.25) is 0 Å². The van der Waals surface area contributed by atoms with E-state index in [0.717, 1.165) is 0 Å². The Bertz CT molecular complexity index is 161. The zero-order valence-electron chi connectivity index (χ0n) is 8.69. The topological polar surface area (TPSA) is 0 Å². The summed E-state index contributed by atoms with van der Waals surface area (Å²) in [5.74, 6) is -0.132. The fraction of sp³-hybridized carbons (Fsp3) is 0.455. The molecule has 0 spiro atoms. The molecule has 0 aliphatic rings. The monoisotopic (exact) mass is 170 g/mol. The van der Waals surface area contributed by atoms with Crippen LogP contribution < -0.4 is 0 Å². The molecule has 1 aromatic carbocycles. The Kier molecular flexibility index (Phi) is 11.6. The molecule has 1 heteroatoms. The van der Waals surface area contributed by atoms with Crippen LogP contribution in [0.2, 0.25) is 0 Å². The highest BCUT2D eigenvalue weighted by Crippen LogP contribution is 2.01. The lowest BCUT2D eigenvalue weighted by Crippen LogP contribution is -1.76. The molecule has 12 heavy (non-hydrogen) atoms. The van der Waals surface area contributed by atoms with E-state index in [-0.39, 0.29) is 5.82 Å². The van der Waals surface area contributed by atoms with Gasteiger partial charge in [-0.25, -0.2) is 4.39 Å². The van der Waals surface area contributed by atoms with Gasteiger partial charge >= 0.3 is 0 Å². The molecule has 0 amide bonds. The first kappa shape index (κ1) is 13.7. The van der Waals surface area contributed by atoms with E-state index in [0.29, 0.717) is 5.56 Å². The van der Waals surface area contributed by atoms with Crippen molar-refractivity contribution in [3.8, 4) is 0 Å². The summed E-state index contributed by atoms with van der Waals surface area (Å²) in [5, 5.41) is 0. The molecule has 0 radical (unpaired) electrons. The van der Waals surface area contributed by atoms with E-state index in [1.807, 2.05) is 33.8 Å². The van der Waals surface area contributed by atoms with Gasteiger partial charge in [-0.15, -0.1) is 0 Å². The Morgan fingerprint density at radius 2 is 1.33 bits per heavy atom. The van der Waals surface area contributed by atoms with Gasteiger partial charge in [0.15, 0.2) is 0 Å². The fourth-order valence-corrected chi connectivity index (χ4v) is 0.551. The molecule has 0 aliphatic heterocycles. The Morgan fingerprint density at radius 1 is 0.917 bits per heavy atom. The molecule has 0 saturated heterocycles. The van der Waals surface area contributed by atoms with Crippen molar-refractivity contribution in [1.82, 2.24) is 0 Å². The van der Waals surface area contributed by atoms with Crippen molar-refractivity contribution >= 4 is 0 Å². The lowest BCUT2D eigenvalue weighted by atomic mass is 10.2. The minimum Gasteiger partial charge on any atom is -0.207 e. The summed E-state index contributed by atoms with van der Waals surface area (Å²) in [6.07, 6.45) is 0. The molecule has 1 aromatic rings. The van der Waals surface area contributed by atoms with E-state index >= 15 is 0 Å². The summed E-state index contributed by atoms with van der Waals surface area (Å²) < 4.78 is 12.3. The standard InChI is InChI=1S/C7H7F.2C2H6/c1-6-4-2-3-5-7(6)8;2*1-2/h2-5H,1H3;2*1-2H3. The molecule has 0 aliphatic carbocycles. The maximum absolute atomic E-state index is 12.3. The van der Waals surface area contributed by atoms with Gasteiger partial charge in [0, 0.05) is 0 Å². The van der Waals surface area contributed by atoms with E-state index in [1.54, 1.807) is 19.1 Å². The van der Waals surface area contributed by atoms with Gasteiger partial charge in [0.05, 0.1) is 0 Å². The molecular formula is C11H19F. The molecule has 0 unspecified atom stereocenters. The quantitative estimate of drug-likeness (QED) is 0.547. The van der Waals surface area contributed by atoms with Crippen molar-refractivity contribution in [2.45, 2.75) is 34.6 Å². The van der Waals surface area contributed by atoms with Crippen LogP contribution in [0.1, 0.15) is 33.3 Å². The largest absolute Gasteiger partial charge is 0.207 e. The first-order valence-corrected chi connectivity index (χ1v) is 4.52. The van der Waals surface area contributed by atoms with Crippen molar-refractivity contribution in [1.29, 1.82) is 0 Å². The lowest BCUT2D eigenvalue weighted by Gasteiger charge is -1.89. The van der Waals surface area contributed by atoms with Crippen molar-refractivity contribution < 1.29 is 4.39 Å². The molecule has 0 atom stereocenters. The Hall–Kier alpha value is -0.850. The Labute approximate surface area is 75.4 Å². The molecule has 0 N–H and O–H groups in total. The predicted octanol–water partition coefficient (Wildman–Crippen LogP) is 4.19. The maximum atomic E-state index is 12.3. The molecule has 0 fully saturated rings. The van der Waals surface area contributed by atoms with Gasteiger partial charge in [-0.2, -0.15) is 0 Å². The lowest BCUT2D eigenvalue weighted by molar-refractivity contribution is 0.618. The first-order chi connectivity index (χ1) is 5.80. The highest BCUT2D eigenvalue weighted by atomic mass is 19.1. The number of aryl methyl sites for hydroxylation is 1. The molecule has 0 bridgehead atoms. The van der Waals surface area contributed by atoms with Gasteiger partial charge in [-0.05, 0) is 18.6 Å². The third-order valence-corrected chi connectivity index (χ3v) is 1.08. The zero-order chi connectivity index (χ0) is 9.98. The van der Waals surface area contributed by atoms with E-state index in [1.165, 1.54) is 6.07 Å². The van der Waals surface area contributed by atoms with Crippen LogP contribution in [0, 0.1) is 12.7 Å². The number of halogens is 1. The Balaban J connectivity index is 0. The van der Waals surface area contributed by atoms with Gasteiger partial charge < -0.3 is 0 Å². The van der Waals surface area contributed by atoms with Crippen molar-refractivity contribution in [3.05, 3.63) is 35.6 Å². The summed E-state index contributed by atoms with van der Waals surface area (Å²) in [4.78, 5) is 0. The third kappa shape index (κ3) is 5.90. The average Bonchev–Trinajstić information content (AvgIpc) is 2.17. The molecule has 0 aromatic heterocycles. The van der Waals surface area contributed by atoms with E-state index < -0.39 is 0 Å². The van der Waals surface area contributed by atoms with Gasteiger partial charge in [-0.1, -0.05) is 45.9 Å². The highest BCUT2D eigenvalue weighted by molar-refractivity contribution is 5.14. The normalized spacial score (nSPS) is 7.17. The van der Waals surface area contributed by atoms with Crippen LogP contribution in [0.15, 0.2) is 24.3 Å². The van der Waals surface area contributed by atoms with Crippen molar-refractivity contribution in [2.24, 2.45) is 0 Å². The molecule has 70 valence electrons. The number of hydrogen-bond acceptors (Lipinski definition) is 0. The minimum absolute atomic E-state index is 0.132. The Morgan fingerprint density at radius 3 is 1.58 bits per heavy atom. The second-order valence-electron chi connectivity index (χ2n) is 1.75. The van der Waals surface area contributed by atoms with Crippen LogP contribution in [0.5, 0.6) is 0 Å². The van der Waals surface area contributed by atoms with Crippen LogP contribution >= 0.6 is 0 Å². The number of benzene rings is 1. The smallest absolute Gasteiger partial charge is 0.126 e. The van der Waals surface area contributed by atoms with E-state index in [2.05, 4.69) is 0 Å². The summed E-state index contributed by atoms with van der Waals surface area (Å²) in [6, 6.07) is 6.70. The van der Waals surface area contributed by atoms with E-state index in [9.17, 15) is 4.39 Å². The summed E-state index contributed by atoms with van der Waals surface area (Å²) in [5.41, 5.74) is 0.701. The van der Waals surface area contributed by atoms with Crippen molar-refractivity contribution in [3.63, 3.8) is 0 Å². The van der Waals surface area contributed by atoms with Gasteiger partial charge in [-0.3, -0.25) is 0 Å². The predicted molar refractivity (Wildman–Crippen MR) is 53.8 cm³/mol. The van der Waals surface area contributed by atoms with Crippen LogP contribution in [-0.4, -0.2) is 0 Å². The second-order valence-corrected chi connectivity index (χ2v) is 1.75. The number of rotatable bonds is 0. The molecular weight excluding hydrogens is 151 g/mol. The van der Waals surface area contributed by atoms with Gasteiger partial charge in [0.1, 0.15) is 5.82 Å². The SMILES string of the molecule is CC.CC.Cc1ccccc1F. The highest BCUT2D eigenvalue weighted by Gasteiger charge is 1.88. The van der Waals surface area contributed by atoms with Crippen LogP contribution in [0.4, 0.5) is 4.39 Å². The fourth-order valence-electron chi connectivity index (χ4n) is 0.551. The number of hydrogen-bond donors (Lipinski definition) is 0. The average molecular weight is 170 g/mol. The molecule has 0 nitrogen and oxygen atoms in total. The van der Waals surface area contributed by atoms with Gasteiger partial charge in [0.25, 0.3) is 0 Å². The van der Waals surface area contributed by atoms with E-state index in [4.69, 9.17) is 0 Å². The third-order valence-electron chi connectivity index (χ3n) is 1.08. The zero-order valence-corrected chi connectivity index (χ0v) is 8.69. The van der Waals surface area contributed by atoms with Crippen LogP contribution in [0.25, 0.3) is 0 Å². The first-order valence-electron chi connectivity index (χ1n) is 4.52. The summed E-state index contributed by atoms with van der Waals surface area (Å²) in [6.45, 7) is 9.75. The van der Waals surface area contributed by atoms with Crippen molar-refractivity contribution in [2.75, 3.05) is 0 Å². The summed E-state index contributed by atoms with van der Waals surface area (Å²) >= 11 is 0. The minimum atomic E-state index is -0.132. The molecule has 0 heterocycles. The molecule has 0 saturated carbocycles. The second kappa shape index (κ2) is 10.2. The summed E-state index contributed by atoms with van der Waals surface area (Å²) in [7, 11) is 0. The van der Waals surface area contributed by atoms with Crippen LogP contribution in [-0.2, 0) is 0 Å². The van der Waals surface area contributed by atoms with Crippen LogP contribution in [0.3, 0.4) is 0 Å². The molecule has 1 rings (SSSR count).